The molecule has 1 amide bonds. The quantitative estimate of drug-likeness (QED) is 0.635. The van der Waals surface area contributed by atoms with E-state index in [2.05, 4.69) is 0 Å². The van der Waals surface area contributed by atoms with Crippen LogP contribution in [-0.4, -0.2) is 36.1 Å². The first-order valence-corrected chi connectivity index (χ1v) is 9.70. The predicted molar refractivity (Wildman–Crippen MR) is 109 cm³/mol. The van der Waals surface area contributed by atoms with Crippen LogP contribution >= 0.6 is 11.6 Å². The number of halogens is 1. The van der Waals surface area contributed by atoms with E-state index >= 15 is 0 Å². The molecule has 7 nitrogen and oxygen atoms in total. The van der Waals surface area contributed by atoms with Crippen LogP contribution in [0.25, 0.3) is 11.1 Å². The summed E-state index contributed by atoms with van der Waals surface area (Å²) in [6.45, 7) is 0.510. The minimum atomic E-state index is -0.578. The maximum absolute atomic E-state index is 13.1. The summed E-state index contributed by atoms with van der Waals surface area (Å²) in [5.74, 6) is 0.674. The molecule has 4 rings (SSSR count). The Hall–Kier alpha value is -2.93. The Balaban J connectivity index is 1.64. The van der Waals surface area contributed by atoms with Crippen LogP contribution in [0.5, 0.6) is 11.5 Å². The minimum Gasteiger partial charge on any atom is -0.497 e. The zero-order valence-electron chi connectivity index (χ0n) is 16.2. The molecule has 1 saturated heterocycles. The van der Waals surface area contributed by atoms with Gasteiger partial charge in [-0.25, -0.2) is 4.79 Å². The van der Waals surface area contributed by atoms with E-state index in [-0.39, 0.29) is 18.5 Å². The van der Waals surface area contributed by atoms with Crippen LogP contribution in [0.4, 0.5) is 0 Å². The van der Waals surface area contributed by atoms with Gasteiger partial charge in [0.05, 0.1) is 25.8 Å². The van der Waals surface area contributed by atoms with Crippen LogP contribution in [0.15, 0.2) is 45.6 Å². The number of likely N-dealkylation sites (tertiary alicyclic amines) is 1. The number of amides is 1. The van der Waals surface area contributed by atoms with Gasteiger partial charge < -0.3 is 18.8 Å². The molecular weight excluding hydrogens is 396 g/mol. The number of benzene rings is 2. The highest BCUT2D eigenvalue weighted by Gasteiger charge is 2.32. The second kappa shape index (κ2) is 7.83. The first-order valence-electron chi connectivity index (χ1n) is 9.32. The molecule has 1 aliphatic heterocycles. The Morgan fingerprint density at radius 3 is 2.79 bits per heavy atom. The standard InChI is InChI=1S/C21H21ClN2O5/c1-27-14-6-8-18(28-2)15(11-14)16-4-3-9-23(16)20(25)12-24-17-7-5-13(22)10-19(17)29-21(24)26/h5-8,10-11,16H,3-4,9,12H2,1-2H3/t16-/m0/s1. The van der Waals surface area contributed by atoms with Crippen LogP contribution in [0.1, 0.15) is 24.4 Å². The highest BCUT2D eigenvalue weighted by atomic mass is 35.5. The first kappa shape index (κ1) is 19.4. The number of carbonyl (C=O) groups is 1. The zero-order chi connectivity index (χ0) is 20.5. The lowest BCUT2D eigenvalue weighted by Crippen LogP contribution is -2.35. The number of hydrogen-bond acceptors (Lipinski definition) is 5. The van der Waals surface area contributed by atoms with Crippen LogP contribution in [-0.2, 0) is 11.3 Å². The SMILES string of the molecule is COc1ccc(OC)c([C@@H]2CCCN2C(=O)Cn2c(=O)oc3cc(Cl)ccc32)c1. The summed E-state index contributed by atoms with van der Waals surface area (Å²) in [5.41, 5.74) is 1.80. The van der Waals surface area contributed by atoms with Crippen molar-refractivity contribution >= 4 is 28.6 Å². The summed E-state index contributed by atoms with van der Waals surface area (Å²) in [5, 5.41) is 0.467. The zero-order valence-corrected chi connectivity index (χ0v) is 16.9. The average molecular weight is 417 g/mol. The van der Waals surface area contributed by atoms with Crippen molar-refractivity contribution < 1.29 is 18.7 Å². The van der Waals surface area contributed by atoms with E-state index in [9.17, 15) is 9.59 Å². The van der Waals surface area contributed by atoms with Crippen molar-refractivity contribution in [2.24, 2.45) is 0 Å². The molecular formula is C21H21ClN2O5. The van der Waals surface area contributed by atoms with Gasteiger partial charge in [0.2, 0.25) is 5.91 Å². The maximum Gasteiger partial charge on any atom is 0.420 e. The van der Waals surface area contributed by atoms with Crippen molar-refractivity contribution in [2.75, 3.05) is 20.8 Å². The molecule has 1 fully saturated rings. The molecule has 1 aromatic heterocycles. The Kier molecular flexibility index (Phi) is 5.24. The lowest BCUT2D eigenvalue weighted by Gasteiger charge is -2.26. The molecule has 152 valence electrons. The largest absolute Gasteiger partial charge is 0.497 e. The Bertz CT molecular complexity index is 1120. The molecule has 1 atom stereocenters. The molecule has 2 heterocycles. The van der Waals surface area contributed by atoms with Gasteiger partial charge in [0.15, 0.2) is 5.58 Å². The van der Waals surface area contributed by atoms with Crippen LogP contribution < -0.4 is 15.2 Å². The lowest BCUT2D eigenvalue weighted by molar-refractivity contribution is -0.132. The lowest BCUT2D eigenvalue weighted by atomic mass is 10.0. The summed E-state index contributed by atoms with van der Waals surface area (Å²) < 4.78 is 17.4. The number of fused-ring (bicyclic) bond motifs is 1. The van der Waals surface area contributed by atoms with Gasteiger partial charge in [-0.1, -0.05) is 11.6 Å². The summed E-state index contributed by atoms with van der Waals surface area (Å²) in [6, 6.07) is 10.3. The summed E-state index contributed by atoms with van der Waals surface area (Å²) in [4.78, 5) is 27.2. The second-order valence-electron chi connectivity index (χ2n) is 6.92. The van der Waals surface area contributed by atoms with Gasteiger partial charge in [-0.2, -0.15) is 0 Å². The van der Waals surface area contributed by atoms with Crippen molar-refractivity contribution in [3.05, 3.63) is 57.5 Å². The van der Waals surface area contributed by atoms with Gasteiger partial charge in [-0.05, 0) is 43.2 Å². The number of hydrogen-bond donors (Lipinski definition) is 0. The number of methoxy groups -OCH3 is 2. The fourth-order valence-electron chi connectivity index (χ4n) is 3.90. The van der Waals surface area contributed by atoms with Crippen molar-refractivity contribution in [2.45, 2.75) is 25.4 Å². The van der Waals surface area contributed by atoms with Crippen LogP contribution in [0, 0.1) is 0 Å². The third-order valence-electron chi connectivity index (χ3n) is 5.29. The topological polar surface area (TPSA) is 73.9 Å². The summed E-state index contributed by atoms with van der Waals surface area (Å²) in [7, 11) is 3.21. The number of nitrogens with zero attached hydrogens (tertiary/aromatic N) is 2. The average Bonchev–Trinajstić information content (AvgIpc) is 3.32. The minimum absolute atomic E-state index is 0.101. The van der Waals surface area contributed by atoms with Gasteiger partial charge in [-0.3, -0.25) is 9.36 Å². The van der Waals surface area contributed by atoms with Gasteiger partial charge in [0.25, 0.3) is 0 Å². The monoisotopic (exact) mass is 416 g/mol. The molecule has 0 unspecified atom stereocenters. The summed E-state index contributed by atoms with van der Waals surface area (Å²) in [6.07, 6.45) is 1.68. The van der Waals surface area contributed by atoms with Gasteiger partial charge in [-0.15, -0.1) is 0 Å². The fraction of sp³-hybridized carbons (Fsp3) is 0.333. The molecule has 3 aromatic rings. The number of aromatic nitrogens is 1. The third kappa shape index (κ3) is 3.58. The predicted octanol–water partition coefficient (Wildman–Crippen LogP) is 3.63. The number of carbonyl (C=O) groups excluding carboxylic acids is 1. The van der Waals surface area contributed by atoms with E-state index < -0.39 is 5.76 Å². The molecule has 0 saturated carbocycles. The molecule has 1 aliphatic rings. The number of rotatable bonds is 5. The molecule has 0 spiro atoms. The molecule has 0 aliphatic carbocycles. The second-order valence-corrected chi connectivity index (χ2v) is 7.36. The van der Waals surface area contributed by atoms with E-state index in [0.29, 0.717) is 34.2 Å². The third-order valence-corrected chi connectivity index (χ3v) is 5.53. The van der Waals surface area contributed by atoms with E-state index in [1.165, 1.54) is 4.57 Å². The van der Waals surface area contributed by atoms with Crippen LogP contribution in [0.2, 0.25) is 5.02 Å². The number of oxazole rings is 1. The van der Waals surface area contributed by atoms with E-state index in [1.807, 2.05) is 18.2 Å². The molecule has 29 heavy (non-hydrogen) atoms. The van der Waals surface area contributed by atoms with Crippen molar-refractivity contribution in [1.29, 1.82) is 0 Å². The van der Waals surface area contributed by atoms with Gasteiger partial charge in [0.1, 0.15) is 18.0 Å². The van der Waals surface area contributed by atoms with Crippen LogP contribution in [0.3, 0.4) is 0 Å². The molecule has 0 radical (unpaired) electrons. The first-order chi connectivity index (χ1) is 14.0. The Morgan fingerprint density at radius 2 is 2.03 bits per heavy atom. The van der Waals surface area contributed by atoms with E-state index in [1.54, 1.807) is 37.3 Å². The molecule has 8 heteroatoms. The van der Waals surface area contributed by atoms with Crippen molar-refractivity contribution in [3.63, 3.8) is 0 Å². The Labute approximate surface area is 172 Å². The highest BCUT2D eigenvalue weighted by molar-refractivity contribution is 6.31. The van der Waals surface area contributed by atoms with E-state index in [4.69, 9.17) is 25.5 Å². The molecule has 0 N–H and O–H groups in total. The fourth-order valence-corrected chi connectivity index (χ4v) is 4.07. The smallest absolute Gasteiger partial charge is 0.420 e. The van der Waals surface area contributed by atoms with Crippen molar-refractivity contribution in [3.8, 4) is 11.5 Å². The molecule has 2 aromatic carbocycles. The highest BCUT2D eigenvalue weighted by Crippen LogP contribution is 2.39. The Morgan fingerprint density at radius 1 is 1.21 bits per heavy atom. The normalized spacial score (nSPS) is 16.4. The maximum atomic E-state index is 13.1. The summed E-state index contributed by atoms with van der Waals surface area (Å²) >= 11 is 5.96. The van der Waals surface area contributed by atoms with Gasteiger partial charge in [0, 0.05) is 23.2 Å². The van der Waals surface area contributed by atoms with Crippen molar-refractivity contribution in [1.82, 2.24) is 9.47 Å². The molecule has 0 bridgehead atoms. The van der Waals surface area contributed by atoms with E-state index in [0.717, 1.165) is 18.4 Å². The number of ether oxygens (including phenoxy) is 2. The van der Waals surface area contributed by atoms with Gasteiger partial charge >= 0.3 is 5.76 Å².